The van der Waals surface area contributed by atoms with Crippen molar-refractivity contribution in [2.24, 2.45) is 0 Å². The standard InChI is InChI=1S/C15H23NO/c1-12-6-7-14(9-13(12)2)10-16-11-15-5-3-4-8-17-15/h6-7,9,15-16H,3-5,8,10-11H2,1-2H3. The van der Waals surface area contributed by atoms with Gasteiger partial charge in [-0.2, -0.15) is 0 Å². The molecule has 1 aliphatic rings. The second-order valence-corrected chi connectivity index (χ2v) is 5.04. The summed E-state index contributed by atoms with van der Waals surface area (Å²) in [5, 5.41) is 3.49. The smallest absolute Gasteiger partial charge is 0.0699 e. The third kappa shape index (κ3) is 3.83. The number of benzene rings is 1. The van der Waals surface area contributed by atoms with Gasteiger partial charge < -0.3 is 10.1 Å². The Hall–Kier alpha value is -0.860. The van der Waals surface area contributed by atoms with E-state index in [1.54, 1.807) is 0 Å². The summed E-state index contributed by atoms with van der Waals surface area (Å²) in [6.07, 6.45) is 4.18. The van der Waals surface area contributed by atoms with Crippen LogP contribution in [0.5, 0.6) is 0 Å². The zero-order chi connectivity index (χ0) is 12.1. The normalized spacial score (nSPS) is 20.5. The van der Waals surface area contributed by atoms with Crippen molar-refractivity contribution in [3.8, 4) is 0 Å². The number of rotatable bonds is 4. The lowest BCUT2D eigenvalue weighted by Crippen LogP contribution is -2.31. The van der Waals surface area contributed by atoms with E-state index in [1.807, 2.05) is 0 Å². The molecule has 0 aromatic heterocycles. The van der Waals surface area contributed by atoms with E-state index >= 15 is 0 Å². The third-order valence-electron chi connectivity index (χ3n) is 3.55. The second-order valence-electron chi connectivity index (χ2n) is 5.04. The first kappa shape index (κ1) is 12.6. The third-order valence-corrected chi connectivity index (χ3v) is 3.55. The lowest BCUT2D eigenvalue weighted by Gasteiger charge is -2.22. The average Bonchev–Trinajstić information content (AvgIpc) is 2.35. The molecule has 0 radical (unpaired) electrons. The maximum Gasteiger partial charge on any atom is 0.0699 e. The van der Waals surface area contributed by atoms with Gasteiger partial charge >= 0.3 is 0 Å². The number of ether oxygens (including phenoxy) is 1. The van der Waals surface area contributed by atoms with E-state index in [0.29, 0.717) is 6.10 Å². The van der Waals surface area contributed by atoms with Crippen molar-refractivity contribution in [1.29, 1.82) is 0 Å². The monoisotopic (exact) mass is 233 g/mol. The molecule has 0 spiro atoms. The van der Waals surface area contributed by atoms with Crippen molar-refractivity contribution in [1.82, 2.24) is 5.32 Å². The van der Waals surface area contributed by atoms with E-state index in [-0.39, 0.29) is 0 Å². The number of hydrogen-bond acceptors (Lipinski definition) is 2. The second kappa shape index (κ2) is 6.18. The zero-order valence-corrected chi connectivity index (χ0v) is 11.0. The Morgan fingerprint density at radius 3 is 2.82 bits per heavy atom. The minimum absolute atomic E-state index is 0.426. The Balaban J connectivity index is 1.75. The number of aryl methyl sites for hydroxylation is 2. The van der Waals surface area contributed by atoms with Crippen LogP contribution < -0.4 is 5.32 Å². The lowest BCUT2D eigenvalue weighted by atomic mass is 10.1. The molecule has 1 aromatic rings. The number of hydrogen-bond donors (Lipinski definition) is 1. The van der Waals surface area contributed by atoms with Crippen LogP contribution in [0.15, 0.2) is 18.2 Å². The van der Waals surface area contributed by atoms with E-state index in [2.05, 4.69) is 37.4 Å². The summed E-state index contributed by atoms with van der Waals surface area (Å²) < 4.78 is 5.70. The lowest BCUT2D eigenvalue weighted by molar-refractivity contribution is 0.0168. The van der Waals surface area contributed by atoms with E-state index in [1.165, 1.54) is 36.0 Å². The predicted octanol–water partition coefficient (Wildman–Crippen LogP) is 2.96. The van der Waals surface area contributed by atoms with Gasteiger partial charge in [0.25, 0.3) is 0 Å². The van der Waals surface area contributed by atoms with Crippen molar-refractivity contribution in [2.75, 3.05) is 13.2 Å². The van der Waals surface area contributed by atoms with Gasteiger partial charge in [0.05, 0.1) is 6.10 Å². The molecular weight excluding hydrogens is 210 g/mol. The molecule has 2 heteroatoms. The molecule has 2 nitrogen and oxygen atoms in total. The SMILES string of the molecule is Cc1ccc(CNCC2CCCCO2)cc1C. The molecule has 0 amide bonds. The summed E-state index contributed by atoms with van der Waals surface area (Å²) in [4.78, 5) is 0. The summed E-state index contributed by atoms with van der Waals surface area (Å²) in [7, 11) is 0. The van der Waals surface area contributed by atoms with Crippen LogP contribution in [0, 0.1) is 13.8 Å². The van der Waals surface area contributed by atoms with E-state index in [9.17, 15) is 0 Å². The Kier molecular flexibility index (Phi) is 4.57. The molecule has 0 aliphatic carbocycles. The van der Waals surface area contributed by atoms with E-state index in [4.69, 9.17) is 4.74 Å². The highest BCUT2D eigenvalue weighted by molar-refractivity contribution is 5.29. The van der Waals surface area contributed by atoms with Crippen molar-refractivity contribution in [3.05, 3.63) is 34.9 Å². The van der Waals surface area contributed by atoms with Gasteiger partial charge in [0.15, 0.2) is 0 Å². The van der Waals surface area contributed by atoms with E-state index in [0.717, 1.165) is 19.7 Å². The van der Waals surface area contributed by atoms with Crippen LogP contribution >= 0.6 is 0 Å². The fourth-order valence-electron chi connectivity index (χ4n) is 2.26. The molecule has 0 saturated carbocycles. The summed E-state index contributed by atoms with van der Waals surface area (Å²) >= 11 is 0. The van der Waals surface area contributed by atoms with Crippen molar-refractivity contribution >= 4 is 0 Å². The number of nitrogens with one attached hydrogen (secondary N) is 1. The fourth-order valence-corrected chi connectivity index (χ4v) is 2.26. The predicted molar refractivity (Wildman–Crippen MR) is 71.2 cm³/mol. The van der Waals surface area contributed by atoms with Crippen LogP contribution in [-0.2, 0) is 11.3 Å². The van der Waals surface area contributed by atoms with Gasteiger partial charge in [0.2, 0.25) is 0 Å². The molecule has 1 fully saturated rings. The first-order valence-electron chi connectivity index (χ1n) is 6.64. The topological polar surface area (TPSA) is 21.3 Å². The quantitative estimate of drug-likeness (QED) is 0.863. The molecule has 1 unspecified atom stereocenters. The Labute approximate surface area is 104 Å². The zero-order valence-electron chi connectivity index (χ0n) is 11.0. The minimum Gasteiger partial charge on any atom is -0.377 e. The molecule has 1 aromatic carbocycles. The maximum atomic E-state index is 5.70. The molecule has 1 atom stereocenters. The van der Waals surface area contributed by atoms with Crippen LogP contribution in [0.3, 0.4) is 0 Å². The van der Waals surface area contributed by atoms with Crippen LogP contribution in [0.4, 0.5) is 0 Å². The van der Waals surface area contributed by atoms with Gasteiger partial charge in [-0.25, -0.2) is 0 Å². The molecular formula is C15H23NO. The fraction of sp³-hybridized carbons (Fsp3) is 0.600. The van der Waals surface area contributed by atoms with Crippen LogP contribution in [-0.4, -0.2) is 19.3 Å². The maximum absolute atomic E-state index is 5.70. The molecule has 94 valence electrons. The first-order valence-corrected chi connectivity index (χ1v) is 6.64. The van der Waals surface area contributed by atoms with Crippen molar-refractivity contribution < 1.29 is 4.74 Å². The van der Waals surface area contributed by atoms with E-state index < -0.39 is 0 Å². The molecule has 0 bridgehead atoms. The van der Waals surface area contributed by atoms with Crippen LogP contribution in [0.25, 0.3) is 0 Å². The highest BCUT2D eigenvalue weighted by atomic mass is 16.5. The first-order chi connectivity index (χ1) is 8.25. The summed E-state index contributed by atoms with van der Waals surface area (Å²) in [5.74, 6) is 0. The molecule has 1 saturated heterocycles. The van der Waals surface area contributed by atoms with Crippen molar-refractivity contribution in [2.45, 2.75) is 45.8 Å². The van der Waals surface area contributed by atoms with Crippen molar-refractivity contribution in [3.63, 3.8) is 0 Å². The molecule has 1 aliphatic heterocycles. The summed E-state index contributed by atoms with van der Waals surface area (Å²) in [6.45, 7) is 7.19. The Morgan fingerprint density at radius 1 is 1.24 bits per heavy atom. The highest BCUT2D eigenvalue weighted by Crippen LogP contribution is 2.12. The molecule has 1 N–H and O–H groups in total. The van der Waals surface area contributed by atoms with Crippen LogP contribution in [0.1, 0.15) is 36.0 Å². The molecule has 17 heavy (non-hydrogen) atoms. The van der Waals surface area contributed by atoms with Gasteiger partial charge in [0.1, 0.15) is 0 Å². The van der Waals surface area contributed by atoms with Gasteiger partial charge in [-0.15, -0.1) is 0 Å². The van der Waals surface area contributed by atoms with Gasteiger partial charge in [-0.1, -0.05) is 18.2 Å². The largest absolute Gasteiger partial charge is 0.377 e. The van der Waals surface area contributed by atoms with Gasteiger partial charge in [-0.3, -0.25) is 0 Å². The van der Waals surface area contributed by atoms with Crippen LogP contribution in [0.2, 0.25) is 0 Å². The van der Waals surface area contributed by atoms with Gasteiger partial charge in [0, 0.05) is 19.7 Å². The summed E-state index contributed by atoms with van der Waals surface area (Å²) in [5.41, 5.74) is 4.10. The molecule has 2 rings (SSSR count). The van der Waals surface area contributed by atoms with Gasteiger partial charge in [-0.05, 0) is 49.8 Å². The molecule has 1 heterocycles. The summed E-state index contributed by atoms with van der Waals surface area (Å²) in [6, 6.07) is 6.67. The Morgan fingerprint density at radius 2 is 2.12 bits per heavy atom. The average molecular weight is 233 g/mol. The highest BCUT2D eigenvalue weighted by Gasteiger charge is 2.12. The minimum atomic E-state index is 0.426. The Bertz CT molecular complexity index is 356.